The van der Waals surface area contributed by atoms with Crippen LogP contribution in [0.3, 0.4) is 0 Å². The van der Waals surface area contributed by atoms with E-state index in [1.807, 2.05) is 48.2 Å². The summed E-state index contributed by atoms with van der Waals surface area (Å²) in [7, 11) is 0. The Kier molecular flexibility index (Phi) is 10.4. The summed E-state index contributed by atoms with van der Waals surface area (Å²) in [5.41, 5.74) is 6.74. The first-order valence-corrected chi connectivity index (χ1v) is 21.6. The summed E-state index contributed by atoms with van der Waals surface area (Å²) in [6, 6.07) is 12.7. The van der Waals surface area contributed by atoms with Crippen LogP contribution in [0, 0.1) is 26.7 Å². The maximum absolute atomic E-state index is 14.0. The predicted molar refractivity (Wildman–Crippen MR) is 223 cm³/mol. The second-order valence-corrected chi connectivity index (χ2v) is 17.9. The smallest absolute Gasteiger partial charge is 0.255 e. The number of piperidine rings is 2. The number of anilines is 1. The molecule has 0 aliphatic carbocycles. The summed E-state index contributed by atoms with van der Waals surface area (Å²) in [6.07, 6.45) is 4.17. The van der Waals surface area contributed by atoms with Gasteiger partial charge < -0.3 is 14.7 Å². The number of hydrogen-bond donors (Lipinski definition) is 1. The van der Waals surface area contributed by atoms with E-state index in [-0.39, 0.29) is 36.5 Å². The van der Waals surface area contributed by atoms with Gasteiger partial charge in [-0.1, -0.05) is 23.7 Å². The number of fused-ring (bicyclic) bond motifs is 4. The molecule has 3 fully saturated rings. The van der Waals surface area contributed by atoms with Crippen molar-refractivity contribution in [1.29, 1.82) is 0 Å². The summed E-state index contributed by atoms with van der Waals surface area (Å²) >= 11 is 7.99. The Morgan fingerprint density at radius 1 is 0.931 bits per heavy atom. The summed E-state index contributed by atoms with van der Waals surface area (Å²) < 4.78 is 2.10. The molecule has 7 heterocycles. The van der Waals surface area contributed by atoms with Crippen LogP contribution in [0.5, 0.6) is 0 Å². The average Bonchev–Trinajstić information content (AvgIpc) is 3.83. The third kappa shape index (κ3) is 7.23. The molecule has 58 heavy (non-hydrogen) atoms. The lowest BCUT2D eigenvalue weighted by Crippen LogP contribution is -2.52. The Balaban J connectivity index is 0.780. The quantitative estimate of drug-likeness (QED) is 0.234. The van der Waals surface area contributed by atoms with E-state index >= 15 is 0 Å². The van der Waals surface area contributed by atoms with E-state index in [0.717, 1.165) is 90.9 Å². The van der Waals surface area contributed by atoms with E-state index in [9.17, 15) is 19.2 Å². The summed E-state index contributed by atoms with van der Waals surface area (Å²) in [6.45, 7) is 12.6. The number of carbonyl (C=O) groups excluding carboxylic acids is 4. The lowest BCUT2D eigenvalue weighted by molar-refractivity contribution is -0.137. The first kappa shape index (κ1) is 38.6. The van der Waals surface area contributed by atoms with Crippen molar-refractivity contribution in [2.24, 2.45) is 10.9 Å². The van der Waals surface area contributed by atoms with Crippen LogP contribution in [-0.2, 0) is 20.9 Å². The zero-order valence-electron chi connectivity index (χ0n) is 33.2. The van der Waals surface area contributed by atoms with Crippen molar-refractivity contribution in [2.45, 2.75) is 77.9 Å². The van der Waals surface area contributed by atoms with Gasteiger partial charge in [-0.2, -0.15) is 0 Å². The van der Waals surface area contributed by atoms with Crippen LogP contribution in [-0.4, -0.2) is 111 Å². The monoisotopic (exact) mass is 821 g/mol. The molecule has 2 aromatic carbocycles. The third-order valence-corrected chi connectivity index (χ3v) is 14.2. The molecule has 13 nitrogen and oxygen atoms in total. The van der Waals surface area contributed by atoms with Gasteiger partial charge >= 0.3 is 0 Å². The van der Waals surface area contributed by atoms with Gasteiger partial charge in [0.25, 0.3) is 5.91 Å². The molecular weight excluding hydrogens is 774 g/mol. The van der Waals surface area contributed by atoms with Gasteiger partial charge in [0.2, 0.25) is 17.7 Å². The van der Waals surface area contributed by atoms with E-state index in [2.05, 4.69) is 49.8 Å². The summed E-state index contributed by atoms with van der Waals surface area (Å²) in [5.74, 6) is 1.40. The number of nitrogens with one attached hydrogen (secondary N) is 1. The Bertz CT molecular complexity index is 2320. The molecule has 1 unspecified atom stereocenters. The highest BCUT2D eigenvalue weighted by Crippen LogP contribution is 2.40. The molecular formula is C43H48ClN9O4S. The number of thiophene rings is 1. The SMILES string of the molecule is Cc1sc2c(c1C)C(c1ccc(Cl)cc1)=N[C@@H](CC(=O)N1CCN(CCC3CCN(c4ccc5c(c4)CN(C4CCC(=O)NC4=O)C5=O)CC3)CC1)c1nnc(C)n1-2. The molecule has 3 saturated heterocycles. The summed E-state index contributed by atoms with van der Waals surface area (Å²) in [5, 5.41) is 13.1. The normalized spacial score (nSPS) is 21.4. The van der Waals surface area contributed by atoms with Crippen molar-refractivity contribution in [2.75, 3.05) is 50.7 Å². The highest BCUT2D eigenvalue weighted by molar-refractivity contribution is 7.15. The van der Waals surface area contributed by atoms with Gasteiger partial charge in [0.15, 0.2) is 5.82 Å². The maximum Gasteiger partial charge on any atom is 0.255 e. The molecule has 5 aliphatic rings. The molecule has 0 radical (unpaired) electrons. The molecule has 9 rings (SSSR count). The van der Waals surface area contributed by atoms with Gasteiger partial charge in [0.05, 0.1) is 12.1 Å². The Morgan fingerprint density at radius 3 is 2.43 bits per heavy atom. The van der Waals surface area contributed by atoms with Gasteiger partial charge in [0, 0.05) is 84.5 Å². The van der Waals surface area contributed by atoms with Crippen molar-refractivity contribution in [1.82, 2.24) is 34.8 Å². The molecule has 2 aromatic heterocycles. The zero-order chi connectivity index (χ0) is 40.2. The highest BCUT2D eigenvalue weighted by Gasteiger charge is 2.40. The molecule has 2 atom stereocenters. The van der Waals surface area contributed by atoms with Crippen molar-refractivity contribution in [3.8, 4) is 5.00 Å². The van der Waals surface area contributed by atoms with Gasteiger partial charge in [-0.15, -0.1) is 21.5 Å². The van der Waals surface area contributed by atoms with Crippen LogP contribution < -0.4 is 10.2 Å². The van der Waals surface area contributed by atoms with E-state index in [4.69, 9.17) is 16.6 Å². The molecule has 0 spiro atoms. The van der Waals surface area contributed by atoms with E-state index in [0.29, 0.717) is 48.4 Å². The minimum Gasteiger partial charge on any atom is -0.372 e. The Labute approximate surface area is 347 Å². The van der Waals surface area contributed by atoms with E-state index in [1.165, 1.54) is 10.4 Å². The number of rotatable bonds is 8. The zero-order valence-corrected chi connectivity index (χ0v) is 34.7. The van der Waals surface area contributed by atoms with Crippen LogP contribution in [0.15, 0.2) is 47.5 Å². The molecule has 302 valence electrons. The topological polar surface area (TPSA) is 136 Å². The number of amides is 4. The first-order valence-electron chi connectivity index (χ1n) is 20.4. The standard InChI is InChI=1S/C43H48ClN9O4S/c1-25-26(2)58-43-38(25)39(29-4-6-31(44)7-5-29)45-34(40-48-47-27(3)53(40)43)23-37(55)51-20-18-49(19-21-51)15-12-28-13-16-50(17-14-28)32-8-9-33-30(22-32)24-52(42(33)57)35-10-11-36(54)46-41(35)56/h4-9,22,28,34-35H,10-21,23-24H2,1-3H3,(H,46,54,56)/t34-,35?/m0/s1. The number of hydrogen-bond acceptors (Lipinski definition) is 10. The molecule has 0 bridgehead atoms. The van der Waals surface area contributed by atoms with Gasteiger partial charge in [-0.3, -0.25) is 39.0 Å². The number of aryl methyl sites for hydroxylation is 2. The van der Waals surface area contributed by atoms with Crippen LogP contribution in [0.2, 0.25) is 5.02 Å². The van der Waals surface area contributed by atoms with Gasteiger partial charge in [0.1, 0.15) is 22.9 Å². The number of halogens is 1. The molecule has 1 N–H and O–H groups in total. The number of benzene rings is 2. The van der Waals surface area contributed by atoms with Crippen molar-refractivity contribution in [3.63, 3.8) is 0 Å². The molecule has 5 aliphatic heterocycles. The molecule has 0 saturated carbocycles. The Morgan fingerprint density at radius 2 is 1.69 bits per heavy atom. The number of imide groups is 1. The third-order valence-electron chi connectivity index (χ3n) is 12.8. The van der Waals surface area contributed by atoms with Crippen molar-refractivity contribution < 1.29 is 19.2 Å². The minimum atomic E-state index is -0.603. The Hall–Kier alpha value is -4.92. The lowest BCUT2D eigenvalue weighted by Gasteiger charge is -2.37. The highest BCUT2D eigenvalue weighted by atomic mass is 35.5. The van der Waals surface area contributed by atoms with Crippen molar-refractivity contribution >= 4 is 58.0 Å². The fourth-order valence-electron chi connectivity index (χ4n) is 9.25. The van der Waals surface area contributed by atoms with Crippen LogP contribution >= 0.6 is 22.9 Å². The number of nitrogens with zero attached hydrogens (tertiary/aromatic N) is 8. The van der Waals surface area contributed by atoms with Crippen molar-refractivity contribution in [3.05, 3.63) is 91.8 Å². The summed E-state index contributed by atoms with van der Waals surface area (Å²) in [4.78, 5) is 66.3. The largest absolute Gasteiger partial charge is 0.372 e. The number of piperazine rings is 1. The van der Waals surface area contributed by atoms with Gasteiger partial charge in [-0.05, 0) is 100 Å². The van der Waals surface area contributed by atoms with E-state index < -0.39 is 12.1 Å². The molecule has 4 aromatic rings. The van der Waals surface area contributed by atoms with Crippen LogP contribution in [0.4, 0.5) is 5.69 Å². The average molecular weight is 822 g/mol. The second kappa shape index (κ2) is 15.7. The fourth-order valence-corrected chi connectivity index (χ4v) is 10.6. The molecule has 15 heteroatoms. The number of aliphatic imine (C=N–C) groups is 1. The minimum absolute atomic E-state index is 0.0844. The molecule has 4 amide bonds. The fraction of sp³-hybridized carbons (Fsp3) is 0.465. The van der Waals surface area contributed by atoms with E-state index in [1.54, 1.807) is 16.2 Å². The predicted octanol–water partition coefficient (Wildman–Crippen LogP) is 5.40. The van der Waals surface area contributed by atoms with Crippen LogP contribution in [0.25, 0.3) is 5.00 Å². The number of aromatic nitrogens is 3. The number of carbonyl (C=O) groups is 4. The first-order chi connectivity index (χ1) is 28.0. The second-order valence-electron chi connectivity index (χ2n) is 16.3. The lowest BCUT2D eigenvalue weighted by atomic mass is 9.92. The van der Waals surface area contributed by atoms with Crippen LogP contribution in [0.1, 0.15) is 93.7 Å². The van der Waals surface area contributed by atoms with Gasteiger partial charge in [-0.25, -0.2) is 0 Å². The maximum atomic E-state index is 14.0.